The van der Waals surface area contributed by atoms with Crippen molar-refractivity contribution >= 4 is 0 Å². The van der Waals surface area contributed by atoms with Crippen LogP contribution < -0.4 is 10.1 Å². The molecule has 0 bridgehead atoms. The highest BCUT2D eigenvalue weighted by molar-refractivity contribution is 5.38. The van der Waals surface area contributed by atoms with Gasteiger partial charge in [-0.3, -0.25) is 4.98 Å². The third kappa shape index (κ3) is 4.07. The standard InChI is InChI=1S/C17H22N2O/c1-13(2)19-12-16-10-17(20-3)7-6-15(16)9-14-5-4-8-18-11-14/h4-8,10-11,13,19H,9,12H2,1-3H3. The number of ether oxygens (including phenoxy) is 1. The first-order valence-corrected chi connectivity index (χ1v) is 6.97. The average Bonchev–Trinajstić information content (AvgIpc) is 2.47. The number of nitrogens with zero attached hydrogens (tertiary/aromatic N) is 1. The maximum Gasteiger partial charge on any atom is 0.119 e. The van der Waals surface area contributed by atoms with E-state index >= 15 is 0 Å². The molecule has 3 heteroatoms. The van der Waals surface area contributed by atoms with E-state index in [4.69, 9.17) is 4.74 Å². The highest BCUT2D eigenvalue weighted by Gasteiger charge is 2.06. The van der Waals surface area contributed by atoms with Crippen molar-refractivity contribution in [1.29, 1.82) is 0 Å². The zero-order valence-corrected chi connectivity index (χ0v) is 12.4. The van der Waals surface area contributed by atoms with Gasteiger partial charge in [0.05, 0.1) is 7.11 Å². The number of benzene rings is 1. The Balaban J connectivity index is 2.21. The van der Waals surface area contributed by atoms with Crippen LogP contribution >= 0.6 is 0 Å². The van der Waals surface area contributed by atoms with Crippen LogP contribution in [0.1, 0.15) is 30.5 Å². The van der Waals surface area contributed by atoms with E-state index in [1.807, 2.05) is 18.3 Å². The first-order valence-electron chi connectivity index (χ1n) is 6.97. The molecule has 0 aliphatic carbocycles. The van der Waals surface area contributed by atoms with E-state index in [9.17, 15) is 0 Å². The Kier molecular flexibility index (Phi) is 5.13. The summed E-state index contributed by atoms with van der Waals surface area (Å²) in [6.45, 7) is 5.16. The molecule has 1 aromatic carbocycles. The van der Waals surface area contributed by atoms with Crippen LogP contribution in [0.25, 0.3) is 0 Å². The summed E-state index contributed by atoms with van der Waals surface area (Å²) in [5, 5.41) is 3.47. The Morgan fingerprint density at radius 2 is 2.05 bits per heavy atom. The van der Waals surface area contributed by atoms with E-state index in [1.54, 1.807) is 13.3 Å². The van der Waals surface area contributed by atoms with Crippen LogP contribution in [-0.4, -0.2) is 18.1 Å². The minimum Gasteiger partial charge on any atom is -0.497 e. The zero-order valence-electron chi connectivity index (χ0n) is 12.4. The number of methoxy groups -OCH3 is 1. The lowest BCUT2D eigenvalue weighted by atomic mass is 10.00. The van der Waals surface area contributed by atoms with Gasteiger partial charge in [-0.05, 0) is 41.3 Å². The molecule has 1 heterocycles. The normalized spacial score (nSPS) is 10.8. The Bertz CT molecular complexity index is 538. The van der Waals surface area contributed by atoms with Crippen LogP contribution in [0.4, 0.5) is 0 Å². The fraction of sp³-hybridized carbons (Fsp3) is 0.353. The predicted octanol–water partition coefficient (Wildman–Crippen LogP) is 3.18. The van der Waals surface area contributed by atoms with Crippen molar-refractivity contribution < 1.29 is 4.74 Å². The van der Waals surface area contributed by atoms with Gasteiger partial charge in [0, 0.05) is 25.0 Å². The molecular formula is C17H22N2O. The predicted molar refractivity (Wildman–Crippen MR) is 82.0 cm³/mol. The number of rotatable bonds is 6. The summed E-state index contributed by atoms with van der Waals surface area (Å²) in [5.74, 6) is 0.903. The van der Waals surface area contributed by atoms with Gasteiger partial charge in [0.1, 0.15) is 5.75 Å². The van der Waals surface area contributed by atoms with Gasteiger partial charge in [-0.15, -0.1) is 0 Å². The summed E-state index contributed by atoms with van der Waals surface area (Å²) in [6.07, 6.45) is 4.62. The molecule has 3 nitrogen and oxygen atoms in total. The summed E-state index contributed by atoms with van der Waals surface area (Å²) in [7, 11) is 1.70. The molecule has 2 rings (SSSR count). The smallest absolute Gasteiger partial charge is 0.119 e. The minimum absolute atomic E-state index is 0.465. The first kappa shape index (κ1) is 14.5. The molecule has 0 spiro atoms. The van der Waals surface area contributed by atoms with Crippen molar-refractivity contribution in [3.05, 3.63) is 59.4 Å². The SMILES string of the molecule is COc1ccc(Cc2cccnc2)c(CNC(C)C)c1. The molecule has 0 aliphatic rings. The summed E-state index contributed by atoms with van der Waals surface area (Å²) in [5.41, 5.74) is 3.82. The summed E-state index contributed by atoms with van der Waals surface area (Å²) in [6, 6.07) is 10.8. The molecule has 20 heavy (non-hydrogen) atoms. The Hall–Kier alpha value is -1.87. The van der Waals surface area contributed by atoms with Gasteiger partial charge in [0.2, 0.25) is 0 Å². The van der Waals surface area contributed by atoms with Crippen molar-refractivity contribution in [2.75, 3.05) is 7.11 Å². The lowest BCUT2D eigenvalue weighted by Crippen LogP contribution is -2.22. The molecule has 0 saturated carbocycles. The average molecular weight is 270 g/mol. The van der Waals surface area contributed by atoms with Crippen molar-refractivity contribution in [1.82, 2.24) is 10.3 Å². The van der Waals surface area contributed by atoms with E-state index in [2.05, 4.69) is 42.3 Å². The van der Waals surface area contributed by atoms with Gasteiger partial charge in [-0.1, -0.05) is 26.0 Å². The van der Waals surface area contributed by atoms with Gasteiger partial charge >= 0.3 is 0 Å². The van der Waals surface area contributed by atoms with Crippen molar-refractivity contribution in [2.45, 2.75) is 32.9 Å². The van der Waals surface area contributed by atoms with E-state index in [-0.39, 0.29) is 0 Å². The van der Waals surface area contributed by atoms with E-state index < -0.39 is 0 Å². The Labute approximate surface area is 121 Å². The quantitative estimate of drug-likeness (QED) is 0.875. The van der Waals surface area contributed by atoms with Crippen LogP contribution in [0.5, 0.6) is 5.75 Å². The summed E-state index contributed by atoms with van der Waals surface area (Å²) >= 11 is 0. The molecule has 2 aromatic rings. The molecule has 0 fully saturated rings. The number of hydrogen-bond acceptors (Lipinski definition) is 3. The second-order valence-electron chi connectivity index (χ2n) is 5.21. The molecule has 106 valence electrons. The van der Waals surface area contributed by atoms with Crippen LogP contribution in [-0.2, 0) is 13.0 Å². The highest BCUT2D eigenvalue weighted by atomic mass is 16.5. The third-order valence-corrected chi connectivity index (χ3v) is 3.23. The molecule has 0 radical (unpaired) electrons. The number of hydrogen-bond donors (Lipinski definition) is 1. The van der Waals surface area contributed by atoms with Crippen LogP contribution in [0.2, 0.25) is 0 Å². The third-order valence-electron chi connectivity index (χ3n) is 3.23. The first-order chi connectivity index (χ1) is 9.69. The van der Waals surface area contributed by atoms with Gasteiger partial charge in [0.15, 0.2) is 0 Å². The van der Waals surface area contributed by atoms with Crippen molar-refractivity contribution in [3.8, 4) is 5.75 Å². The van der Waals surface area contributed by atoms with E-state index in [0.29, 0.717) is 6.04 Å². The molecular weight excluding hydrogens is 248 g/mol. The molecule has 1 N–H and O–H groups in total. The molecule has 0 amide bonds. The fourth-order valence-corrected chi connectivity index (χ4v) is 2.10. The van der Waals surface area contributed by atoms with Crippen LogP contribution in [0.15, 0.2) is 42.7 Å². The van der Waals surface area contributed by atoms with Gasteiger partial charge in [0.25, 0.3) is 0 Å². The molecule has 0 saturated heterocycles. The largest absolute Gasteiger partial charge is 0.497 e. The molecule has 0 atom stereocenters. The lowest BCUT2D eigenvalue weighted by molar-refractivity contribution is 0.413. The summed E-state index contributed by atoms with van der Waals surface area (Å²) < 4.78 is 5.33. The number of nitrogens with one attached hydrogen (secondary N) is 1. The topological polar surface area (TPSA) is 34.1 Å². The number of pyridine rings is 1. The van der Waals surface area contributed by atoms with Crippen molar-refractivity contribution in [2.24, 2.45) is 0 Å². The maximum absolute atomic E-state index is 5.33. The van der Waals surface area contributed by atoms with E-state index in [1.165, 1.54) is 16.7 Å². The fourth-order valence-electron chi connectivity index (χ4n) is 2.10. The maximum atomic E-state index is 5.33. The lowest BCUT2D eigenvalue weighted by Gasteiger charge is -2.14. The summed E-state index contributed by atoms with van der Waals surface area (Å²) in [4.78, 5) is 4.18. The molecule has 0 aliphatic heterocycles. The molecule has 0 unspecified atom stereocenters. The second-order valence-corrected chi connectivity index (χ2v) is 5.21. The van der Waals surface area contributed by atoms with Crippen LogP contribution in [0, 0.1) is 0 Å². The van der Waals surface area contributed by atoms with Crippen LogP contribution in [0.3, 0.4) is 0 Å². The monoisotopic (exact) mass is 270 g/mol. The van der Waals surface area contributed by atoms with Gasteiger partial charge < -0.3 is 10.1 Å². The second kappa shape index (κ2) is 7.06. The van der Waals surface area contributed by atoms with Gasteiger partial charge in [-0.25, -0.2) is 0 Å². The van der Waals surface area contributed by atoms with E-state index in [0.717, 1.165) is 18.7 Å². The number of aromatic nitrogens is 1. The molecule has 1 aromatic heterocycles. The Morgan fingerprint density at radius 1 is 1.20 bits per heavy atom. The van der Waals surface area contributed by atoms with Crippen molar-refractivity contribution in [3.63, 3.8) is 0 Å². The highest BCUT2D eigenvalue weighted by Crippen LogP contribution is 2.20. The Morgan fingerprint density at radius 3 is 2.70 bits per heavy atom. The van der Waals surface area contributed by atoms with Gasteiger partial charge in [-0.2, -0.15) is 0 Å². The zero-order chi connectivity index (χ0) is 14.4. The minimum atomic E-state index is 0.465.